The molecule has 0 bridgehead atoms. The minimum Gasteiger partial charge on any atom is -0.320 e. The van der Waals surface area contributed by atoms with E-state index in [0.29, 0.717) is 0 Å². The summed E-state index contributed by atoms with van der Waals surface area (Å²) in [5.41, 5.74) is 5.53. The first kappa shape index (κ1) is 12.2. The van der Waals surface area contributed by atoms with E-state index in [9.17, 15) is 14.4 Å². The molecule has 0 spiro atoms. The number of imide groups is 1. The summed E-state index contributed by atoms with van der Waals surface area (Å²) in [7, 11) is 0. The summed E-state index contributed by atoms with van der Waals surface area (Å²) in [6.45, 7) is 1.37. The highest BCUT2D eigenvalue weighted by atomic mass is 16.2. The third-order valence-electron chi connectivity index (χ3n) is 2.36. The smallest absolute Gasteiger partial charge is 0.249 e. The lowest BCUT2D eigenvalue weighted by Crippen LogP contribution is -2.61. The topological polar surface area (TPSA) is 92.5 Å². The number of nitrogens with two attached hydrogens (primary N) is 1. The van der Waals surface area contributed by atoms with Crippen molar-refractivity contribution in [2.75, 3.05) is 6.54 Å². The van der Waals surface area contributed by atoms with Crippen molar-refractivity contribution in [2.45, 2.75) is 25.4 Å². The van der Waals surface area contributed by atoms with Crippen molar-refractivity contribution in [1.29, 1.82) is 0 Å². The lowest BCUT2D eigenvalue weighted by Gasteiger charge is -2.33. The van der Waals surface area contributed by atoms with Crippen LogP contribution < -0.4 is 11.1 Å². The molecule has 2 unspecified atom stereocenters. The quantitative estimate of drug-likeness (QED) is 0.427. The minimum atomic E-state index is -0.869. The van der Waals surface area contributed by atoms with Crippen LogP contribution in [-0.4, -0.2) is 41.2 Å². The van der Waals surface area contributed by atoms with Gasteiger partial charge in [-0.25, -0.2) is 0 Å². The predicted octanol–water partition coefficient (Wildman–Crippen LogP) is -1.79. The molecule has 1 saturated heterocycles. The fraction of sp³-hybridized carbons (Fsp3) is 0.500. The van der Waals surface area contributed by atoms with Crippen LogP contribution in [0.15, 0.2) is 0 Å². The Morgan fingerprint density at radius 1 is 1.75 bits per heavy atom. The van der Waals surface area contributed by atoms with Crippen LogP contribution in [-0.2, 0) is 14.4 Å². The van der Waals surface area contributed by atoms with E-state index in [1.165, 1.54) is 6.92 Å². The first-order chi connectivity index (χ1) is 7.47. The van der Waals surface area contributed by atoms with Crippen molar-refractivity contribution in [1.82, 2.24) is 10.2 Å². The van der Waals surface area contributed by atoms with Gasteiger partial charge in [0.05, 0.1) is 6.04 Å². The maximum Gasteiger partial charge on any atom is 0.249 e. The van der Waals surface area contributed by atoms with Gasteiger partial charge in [0.25, 0.3) is 0 Å². The predicted molar refractivity (Wildman–Crippen MR) is 55.8 cm³/mol. The summed E-state index contributed by atoms with van der Waals surface area (Å²) in [6, 6.07) is -1.57. The molecule has 1 heterocycles. The molecule has 16 heavy (non-hydrogen) atoms. The van der Waals surface area contributed by atoms with Crippen LogP contribution in [0.3, 0.4) is 0 Å². The fourth-order valence-electron chi connectivity index (χ4n) is 1.41. The third-order valence-corrected chi connectivity index (χ3v) is 2.36. The summed E-state index contributed by atoms with van der Waals surface area (Å²) in [6.07, 6.45) is 5.12. The van der Waals surface area contributed by atoms with Gasteiger partial charge >= 0.3 is 0 Å². The molecule has 0 saturated carbocycles. The monoisotopic (exact) mass is 223 g/mol. The summed E-state index contributed by atoms with van der Waals surface area (Å²) in [5.74, 6) is 0.776. The molecule has 1 fully saturated rings. The zero-order valence-electron chi connectivity index (χ0n) is 8.90. The van der Waals surface area contributed by atoms with E-state index in [4.69, 9.17) is 12.2 Å². The van der Waals surface area contributed by atoms with Gasteiger partial charge < -0.3 is 10.6 Å². The lowest BCUT2D eigenvalue weighted by atomic mass is 10.1. The summed E-state index contributed by atoms with van der Waals surface area (Å²) >= 11 is 0. The second kappa shape index (κ2) is 4.77. The van der Waals surface area contributed by atoms with Crippen LogP contribution in [0, 0.1) is 12.3 Å². The number of carbonyl (C=O) groups excluding carboxylic acids is 3. The van der Waals surface area contributed by atoms with Crippen LogP contribution >= 0.6 is 0 Å². The average Bonchev–Trinajstić information content (AvgIpc) is 2.22. The number of hydrogen-bond donors (Lipinski definition) is 2. The van der Waals surface area contributed by atoms with Crippen LogP contribution in [0.4, 0.5) is 0 Å². The molecule has 86 valence electrons. The zero-order chi connectivity index (χ0) is 12.3. The van der Waals surface area contributed by atoms with Gasteiger partial charge in [-0.1, -0.05) is 0 Å². The number of nitrogens with one attached hydrogen (secondary N) is 1. The summed E-state index contributed by atoms with van der Waals surface area (Å²) in [4.78, 5) is 35.3. The highest BCUT2D eigenvalue weighted by molar-refractivity contribution is 6.04. The number of piperazine rings is 1. The molecule has 1 aliphatic heterocycles. The summed E-state index contributed by atoms with van der Waals surface area (Å²) < 4.78 is 0. The number of amides is 3. The van der Waals surface area contributed by atoms with Gasteiger partial charge in [-0.15, -0.1) is 12.3 Å². The summed E-state index contributed by atoms with van der Waals surface area (Å²) in [5, 5.41) is 2.13. The molecule has 0 radical (unpaired) electrons. The molecule has 3 amide bonds. The van der Waals surface area contributed by atoms with Crippen molar-refractivity contribution in [3.05, 3.63) is 0 Å². The Morgan fingerprint density at radius 2 is 2.38 bits per heavy atom. The third kappa shape index (κ3) is 2.38. The minimum absolute atomic E-state index is 0.0812. The van der Waals surface area contributed by atoms with E-state index in [2.05, 4.69) is 11.2 Å². The van der Waals surface area contributed by atoms with Gasteiger partial charge in [-0.05, 0) is 6.92 Å². The van der Waals surface area contributed by atoms with E-state index in [-0.39, 0.29) is 13.0 Å². The SMILES string of the molecule is C#CCC(N)C(=O)N1CC(=O)NC(=O)C1C. The van der Waals surface area contributed by atoms with E-state index in [1.54, 1.807) is 0 Å². The first-order valence-electron chi connectivity index (χ1n) is 4.80. The van der Waals surface area contributed by atoms with Crippen LogP contribution in [0.5, 0.6) is 0 Å². The molecule has 0 aromatic heterocycles. The molecule has 0 aromatic rings. The Balaban J connectivity index is 2.78. The normalized spacial score (nSPS) is 22.3. The van der Waals surface area contributed by atoms with Gasteiger partial charge in [-0.2, -0.15) is 0 Å². The van der Waals surface area contributed by atoms with Gasteiger partial charge in [0.1, 0.15) is 12.6 Å². The van der Waals surface area contributed by atoms with Gasteiger partial charge in [-0.3, -0.25) is 19.7 Å². The highest BCUT2D eigenvalue weighted by Gasteiger charge is 2.35. The fourth-order valence-corrected chi connectivity index (χ4v) is 1.41. The van der Waals surface area contributed by atoms with Crippen molar-refractivity contribution in [3.63, 3.8) is 0 Å². The Bertz CT molecular complexity index is 372. The van der Waals surface area contributed by atoms with Crippen LogP contribution in [0.25, 0.3) is 0 Å². The number of rotatable bonds is 2. The number of terminal acetylenes is 1. The number of carbonyl (C=O) groups is 3. The number of nitrogens with zero attached hydrogens (tertiary/aromatic N) is 1. The maximum atomic E-state index is 11.8. The zero-order valence-corrected chi connectivity index (χ0v) is 8.90. The van der Waals surface area contributed by atoms with E-state index < -0.39 is 29.8 Å². The molecule has 0 aromatic carbocycles. The van der Waals surface area contributed by atoms with E-state index in [1.807, 2.05) is 0 Å². The average molecular weight is 223 g/mol. The molecule has 1 aliphatic rings. The molecule has 2 atom stereocenters. The van der Waals surface area contributed by atoms with Crippen molar-refractivity contribution in [2.24, 2.45) is 5.73 Å². The Labute approximate surface area is 93.2 Å². The second-order valence-corrected chi connectivity index (χ2v) is 3.57. The van der Waals surface area contributed by atoms with Crippen molar-refractivity contribution >= 4 is 17.7 Å². The van der Waals surface area contributed by atoms with Gasteiger partial charge in [0.15, 0.2) is 0 Å². The standard InChI is InChI=1S/C10H13N3O3/c1-3-4-7(11)10(16)13-5-8(14)12-9(15)6(13)2/h1,6-7H,4-5,11H2,2H3,(H,12,14,15). The van der Waals surface area contributed by atoms with E-state index >= 15 is 0 Å². The Hall–Kier alpha value is -1.87. The Morgan fingerprint density at radius 3 is 2.94 bits per heavy atom. The molecular formula is C10H13N3O3. The molecule has 0 aliphatic carbocycles. The maximum absolute atomic E-state index is 11.8. The lowest BCUT2D eigenvalue weighted by molar-refractivity contribution is -0.149. The number of hydrogen-bond acceptors (Lipinski definition) is 4. The molecular weight excluding hydrogens is 210 g/mol. The van der Waals surface area contributed by atoms with Crippen LogP contribution in [0.2, 0.25) is 0 Å². The van der Waals surface area contributed by atoms with Gasteiger partial charge in [0, 0.05) is 6.42 Å². The highest BCUT2D eigenvalue weighted by Crippen LogP contribution is 2.07. The second-order valence-electron chi connectivity index (χ2n) is 3.57. The van der Waals surface area contributed by atoms with Gasteiger partial charge in [0.2, 0.25) is 17.7 Å². The van der Waals surface area contributed by atoms with Crippen molar-refractivity contribution < 1.29 is 14.4 Å². The Kier molecular flexibility index (Phi) is 3.64. The molecule has 6 nitrogen and oxygen atoms in total. The van der Waals surface area contributed by atoms with E-state index in [0.717, 1.165) is 4.90 Å². The largest absolute Gasteiger partial charge is 0.320 e. The van der Waals surface area contributed by atoms with Crippen molar-refractivity contribution in [3.8, 4) is 12.3 Å². The molecule has 6 heteroatoms. The van der Waals surface area contributed by atoms with Crippen LogP contribution in [0.1, 0.15) is 13.3 Å². The molecule has 1 rings (SSSR count). The molecule has 3 N–H and O–H groups in total. The first-order valence-corrected chi connectivity index (χ1v) is 4.80.